The minimum Gasteiger partial charge on any atom is -0.507 e. The summed E-state index contributed by atoms with van der Waals surface area (Å²) in [6, 6.07) is 9.47. The quantitative estimate of drug-likeness (QED) is 0.227. The Hall–Kier alpha value is -2.54. The van der Waals surface area contributed by atoms with Gasteiger partial charge in [-0.15, -0.1) is 0 Å². The van der Waals surface area contributed by atoms with Gasteiger partial charge in [-0.3, -0.25) is 9.59 Å². The Morgan fingerprint density at radius 1 is 1.08 bits per heavy atom. The van der Waals surface area contributed by atoms with Crippen LogP contribution in [0.5, 0.6) is 5.75 Å². The first-order valence-electron chi connectivity index (χ1n) is 12.3. The SMILES string of the molecule is CCN(CC)CCN1C(=O)C(=O)C(=C(O)c2ccc(OCC(C)C)c(C)c2)[C@@H]1c1ccc(Cl)c(Cl)c1. The van der Waals surface area contributed by atoms with Crippen LogP contribution in [0.1, 0.15) is 50.4 Å². The average molecular weight is 533 g/mol. The fraction of sp³-hybridized carbons (Fsp3) is 0.429. The Morgan fingerprint density at radius 2 is 1.78 bits per heavy atom. The van der Waals surface area contributed by atoms with Crippen LogP contribution < -0.4 is 4.74 Å². The molecule has 2 aromatic rings. The van der Waals surface area contributed by atoms with E-state index in [0.717, 1.165) is 18.7 Å². The van der Waals surface area contributed by atoms with E-state index >= 15 is 0 Å². The Morgan fingerprint density at radius 3 is 2.36 bits per heavy atom. The number of nitrogens with zero attached hydrogens (tertiary/aromatic N) is 2. The Balaban J connectivity index is 2.08. The van der Waals surface area contributed by atoms with Gasteiger partial charge in [0.15, 0.2) is 0 Å². The molecule has 2 aromatic carbocycles. The number of aliphatic hydroxyl groups is 1. The second kappa shape index (κ2) is 12.1. The van der Waals surface area contributed by atoms with Crippen LogP contribution in [-0.4, -0.2) is 59.4 Å². The number of likely N-dealkylation sites (N-methyl/N-ethyl adjacent to an activating group) is 1. The second-order valence-electron chi connectivity index (χ2n) is 9.38. The molecule has 6 nitrogen and oxygen atoms in total. The number of Topliss-reactive ketones (excluding diaryl/α,β-unsaturated/α-hetero) is 1. The molecule has 0 aliphatic carbocycles. The lowest BCUT2D eigenvalue weighted by atomic mass is 9.94. The molecule has 0 saturated carbocycles. The predicted octanol–water partition coefficient (Wildman–Crippen LogP) is 6.10. The summed E-state index contributed by atoms with van der Waals surface area (Å²) in [5.74, 6) is -0.514. The summed E-state index contributed by atoms with van der Waals surface area (Å²) in [6.07, 6.45) is 0. The first-order chi connectivity index (χ1) is 17.1. The number of benzene rings is 2. The number of carbonyl (C=O) groups excluding carboxylic acids is 2. The number of ether oxygens (including phenoxy) is 1. The number of aliphatic hydroxyl groups excluding tert-OH is 1. The summed E-state index contributed by atoms with van der Waals surface area (Å²) in [7, 11) is 0. The monoisotopic (exact) mass is 532 g/mol. The van der Waals surface area contributed by atoms with Crippen molar-refractivity contribution in [3.8, 4) is 5.75 Å². The van der Waals surface area contributed by atoms with E-state index in [0.29, 0.717) is 52.5 Å². The number of carbonyl (C=O) groups is 2. The molecular weight excluding hydrogens is 499 g/mol. The van der Waals surface area contributed by atoms with Gasteiger partial charge in [0.05, 0.1) is 28.3 Å². The third-order valence-electron chi connectivity index (χ3n) is 6.37. The summed E-state index contributed by atoms with van der Waals surface area (Å²) in [6.45, 7) is 13.2. The summed E-state index contributed by atoms with van der Waals surface area (Å²) < 4.78 is 5.85. The molecule has 0 radical (unpaired) electrons. The van der Waals surface area contributed by atoms with E-state index in [1.807, 2.05) is 20.8 Å². The topological polar surface area (TPSA) is 70.1 Å². The number of likely N-dealkylation sites (tertiary alicyclic amines) is 1. The standard InChI is InChI=1S/C28H34Cl2N2O4/c1-6-31(7-2)12-13-32-25(19-8-10-21(29)22(30)15-19)24(27(34)28(32)35)26(33)20-9-11-23(18(5)14-20)36-16-17(3)4/h8-11,14-15,17,25,33H,6-7,12-13,16H2,1-5H3/t25-/m0/s1. The highest BCUT2D eigenvalue weighted by atomic mass is 35.5. The molecule has 3 rings (SSSR count). The highest BCUT2D eigenvalue weighted by Crippen LogP contribution is 2.41. The van der Waals surface area contributed by atoms with Crippen molar-refractivity contribution in [2.75, 3.05) is 32.8 Å². The second-order valence-corrected chi connectivity index (χ2v) is 10.2. The molecule has 1 saturated heterocycles. The van der Waals surface area contributed by atoms with Gasteiger partial charge >= 0.3 is 0 Å². The number of aryl methyl sites for hydroxylation is 1. The van der Waals surface area contributed by atoms with Gasteiger partial charge < -0.3 is 19.6 Å². The van der Waals surface area contributed by atoms with E-state index in [2.05, 4.69) is 18.7 Å². The molecule has 8 heteroatoms. The van der Waals surface area contributed by atoms with Crippen molar-refractivity contribution in [3.63, 3.8) is 0 Å². The third kappa shape index (κ3) is 6.05. The molecule has 1 N–H and O–H groups in total. The number of amides is 1. The van der Waals surface area contributed by atoms with Gasteiger partial charge in [-0.2, -0.15) is 0 Å². The van der Waals surface area contributed by atoms with Crippen LogP contribution in [-0.2, 0) is 9.59 Å². The molecule has 1 fully saturated rings. The number of hydrogen-bond acceptors (Lipinski definition) is 5. The zero-order valence-electron chi connectivity index (χ0n) is 21.5. The maximum absolute atomic E-state index is 13.3. The molecule has 1 atom stereocenters. The van der Waals surface area contributed by atoms with Gasteiger partial charge in [0.1, 0.15) is 11.5 Å². The fourth-order valence-electron chi connectivity index (χ4n) is 4.30. The van der Waals surface area contributed by atoms with Gasteiger partial charge in [-0.1, -0.05) is 57.0 Å². The average Bonchev–Trinajstić information content (AvgIpc) is 3.10. The van der Waals surface area contributed by atoms with Crippen LogP contribution in [0, 0.1) is 12.8 Å². The van der Waals surface area contributed by atoms with E-state index in [-0.39, 0.29) is 11.3 Å². The molecule has 194 valence electrons. The normalized spacial score (nSPS) is 17.5. The zero-order valence-corrected chi connectivity index (χ0v) is 23.0. The molecule has 0 bridgehead atoms. The van der Waals surface area contributed by atoms with Crippen LogP contribution in [0.15, 0.2) is 42.0 Å². The Labute approximate surface area is 223 Å². The first kappa shape index (κ1) is 28.0. The van der Waals surface area contributed by atoms with Crippen molar-refractivity contribution in [3.05, 3.63) is 68.7 Å². The maximum Gasteiger partial charge on any atom is 0.295 e. The van der Waals surface area contributed by atoms with Crippen LogP contribution in [0.25, 0.3) is 5.76 Å². The van der Waals surface area contributed by atoms with Crippen molar-refractivity contribution in [2.45, 2.75) is 40.7 Å². The highest BCUT2D eigenvalue weighted by Gasteiger charge is 2.46. The smallest absolute Gasteiger partial charge is 0.295 e. The lowest BCUT2D eigenvalue weighted by molar-refractivity contribution is -0.140. The van der Waals surface area contributed by atoms with E-state index in [9.17, 15) is 14.7 Å². The van der Waals surface area contributed by atoms with Gasteiger partial charge in [0.25, 0.3) is 11.7 Å². The van der Waals surface area contributed by atoms with E-state index in [1.54, 1.807) is 36.4 Å². The summed E-state index contributed by atoms with van der Waals surface area (Å²) in [5.41, 5.74) is 1.91. The maximum atomic E-state index is 13.3. The number of ketones is 1. The molecule has 0 spiro atoms. The largest absolute Gasteiger partial charge is 0.507 e. The van der Waals surface area contributed by atoms with Crippen LogP contribution in [0.3, 0.4) is 0 Å². The molecule has 0 aromatic heterocycles. The van der Waals surface area contributed by atoms with E-state index < -0.39 is 17.7 Å². The molecule has 36 heavy (non-hydrogen) atoms. The Bertz CT molecular complexity index is 1160. The van der Waals surface area contributed by atoms with E-state index in [4.69, 9.17) is 27.9 Å². The minimum absolute atomic E-state index is 0.0354. The van der Waals surface area contributed by atoms with Crippen molar-refractivity contribution in [1.29, 1.82) is 0 Å². The van der Waals surface area contributed by atoms with Gasteiger partial charge in [0, 0.05) is 18.7 Å². The van der Waals surface area contributed by atoms with Crippen molar-refractivity contribution in [1.82, 2.24) is 9.80 Å². The number of hydrogen-bond donors (Lipinski definition) is 1. The highest BCUT2D eigenvalue weighted by molar-refractivity contribution is 6.46. The minimum atomic E-state index is -0.785. The molecule has 1 heterocycles. The van der Waals surface area contributed by atoms with E-state index in [1.165, 1.54) is 4.90 Å². The molecule has 0 unspecified atom stereocenters. The number of halogens is 2. The third-order valence-corrected chi connectivity index (χ3v) is 7.11. The summed E-state index contributed by atoms with van der Waals surface area (Å²) in [4.78, 5) is 30.1. The lowest BCUT2D eigenvalue weighted by Crippen LogP contribution is -2.38. The number of rotatable bonds is 10. The van der Waals surface area contributed by atoms with Crippen LogP contribution in [0.4, 0.5) is 0 Å². The Kier molecular flexibility index (Phi) is 9.45. The van der Waals surface area contributed by atoms with Gasteiger partial charge in [-0.25, -0.2) is 0 Å². The summed E-state index contributed by atoms with van der Waals surface area (Å²) in [5, 5.41) is 12.0. The molecule has 1 amide bonds. The van der Waals surface area contributed by atoms with Crippen molar-refractivity contribution < 1.29 is 19.4 Å². The zero-order chi connectivity index (χ0) is 26.6. The van der Waals surface area contributed by atoms with Crippen molar-refractivity contribution in [2.24, 2.45) is 5.92 Å². The molecule has 1 aliphatic heterocycles. The van der Waals surface area contributed by atoms with Crippen LogP contribution in [0.2, 0.25) is 10.0 Å². The molecule has 1 aliphatic rings. The van der Waals surface area contributed by atoms with Crippen LogP contribution >= 0.6 is 23.2 Å². The lowest BCUT2D eigenvalue weighted by Gasteiger charge is -2.28. The predicted molar refractivity (Wildman–Crippen MR) is 145 cm³/mol. The van der Waals surface area contributed by atoms with Gasteiger partial charge in [0.2, 0.25) is 0 Å². The fourth-order valence-corrected chi connectivity index (χ4v) is 4.61. The first-order valence-corrected chi connectivity index (χ1v) is 13.0. The summed E-state index contributed by atoms with van der Waals surface area (Å²) >= 11 is 12.4. The van der Waals surface area contributed by atoms with Gasteiger partial charge in [-0.05, 0) is 67.4 Å². The molecular formula is C28H34Cl2N2O4. The van der Waals surface area contributed by atoms with Crippen molar-refractivity contribution >= 4 is 40.7 Å².